The van der Waals surface area contributed by atoms with E-state index < -0.39 is 0 Å². The summed E-state index contributed by atoms with van der Waals surface area (Å²) in [6.07, 6.45) is 5.24. The Morgan fingerprint density at radius 1 is 1.24 bits per heavy atom. The zero-order valence-electron chi connectivity index (χ0n) is 14.4. The van der Waals surface area contributed by atoms with Crippen LogP contribution < -0.4 is 10.6 Å². The molecule has 0 radical (unpaired) electrons. The number of hydrogen-bond donors (Lipinski definition) is 2. The Labute approximate surface area is 150 Å². The molecule has 4 nitrogen and oxygen atoms in total. The molecule has 2 N–H and O–H groups in total. The number of fused-ring (bicyclic) bond motifs is 4. The van der Waals surface area contributed by atoms with Crippen molar-refractivity contribution in [1.82, 2.24) is 9.88 Å². The third kappa shape index (κ3) is 2.22. The second kappa shape index (κ2) is 5.36. The fourth-order valence-corrected chi connectivity index (χ4v) is 5.66. The van der Waals surface area contributed by atoms with Crippen LogP contribution in [-0.2, 0) is 19.9 Å². The third-order valence-corrected chi connectivity index (χ3v) is 6.71. The highest BCUT2D eigenvalue weighted by Crippen LogP contribution is 2.43. The van der Waals surface area contributed by atoms with Gasteiger partial charge in [-0.05, 0) is 36.8 Å². The number of benzene rings is 1. The van der Waals surface area contributed by atoms with Gasteiger partial charge in [0.2, 0.25) is 0 Å². The number of amides is 1. The number of carbonyl (C=O) groups excluding carboxylic acids is 1. The molecule has 0 unspecified atom stereocenters. The Bertz CT molecular complexity index is 1000. The summed E-state index contributed by atoms with van der Waals surface area (Å²) >= 11 is 1.78. The van der Waals surface area contributed by atoms with Crippen LogP contribution in [0.4, 0.5) is 5.00 Å². The Morgan fingerprint density at radius 3 is 2.96 bits per heavy atom. The maximum atomic E-state index is 12.9. The molecule has 1 aliphatic heterocycles. The highest BCUT2D eigenvalue weighted by atomic mass is 32.1. The van der Waals surface area contributed by atoms with E-state index in [2.05, 4.69) is 40.5 Å². The van der Waals surface area contributed by atoms with Crippen LogP contribution in [0.2, 0.25) is 0 Å². The lowest BCUT2D eigenvalue weighted by atomic mass is 9.88. The van der Waals surface area contributed by atoms with Crippen LogP contribution >= 0.6 is 11.3 Å². The smallest absolute Gasteiger partial charge is 0.256 e. The topological polar surface area (TPSA) is 46.1 Å². The average molecular weight is 351 g/mol. The molecule has 0 fully saturated rings. The number of aryl methyl sites for hydroxylation is 1. The van der Waals surface area contributed by atoms with Gasteiger partial charge in [-0.15, -0.1) is 11.3 Å². The van der Waals surface area contributed by atoms with E-state index in [-0.39, 0.29) is 12.1 Å². The molecular formula is C20H21N3OS. The van der Waals surface area contributed by atoms with E-state index in [0.29, 0.717) is 5.92 Å². The number of hydrogen-bond acceptors (Lipinski definition) is 3. The summed E-state index contributed by atoms with van der Waals surface area (Å²) in [4.78, 5) is 14.3. The van der Waals surface area contributed by atoms with Gasteiger partial charge in [0, 0.05) is 34.6 Å². The van der Waals surface area contributed by atoms with Gasteiger partial charge in [0.1, 0.15) is 11.2 Å². The summed E-state index contributed by atoms with van der Waals surface area (Å²) < 4.78 is 2.12. The summed E-state index contributed by atoms with van der Waals surface area (Å²) in [5.74, 6) is 0.781. The minimum absolute atomic E-state index is 0.0683. The predicted octanol–water partition coefficient (Wildman–Crippen LogP) is 4.22. The van der Waals surface area contributed by atoms with E-state index in [9.17, 15) is 4.79 Å². The second-order valence-corrected chi connectivity index (χ2v) is 8.42. The van der Waals surface area contributed by atoms with E-state index >= 15 is 0 Å². The Morgan fingerprint density at radius 2 is 2.08 bits per heavy atom. The normalized spacial score (nSPS) is 22.2. The lowest BCUT2D eigenvalue weighted by Crippen LogP contribution is -2.38. The summed E-state index contributed by atoms with van der Waals surface area (Å²) in [5, 5.41) is 9.00. The molecule has 1 aromatic carbocycles. The van der Waals surface area contributed by atoms with Gasteiger partial charge in [0.15, 0.2) is 0 Å². The monoisotopic (exact) mass is 351 g/mol. The molecule has 0 bridgehead atoms. The van der Waals surface area contributed by atoms with Crippen molar-refractivity contribution in [1.29, 1.82) is 0 Å². The zero-order chi connectivity index (χ0) is 17.1. The van der Waals surface area contributed by atoms with Crippen LogP contribution in [0.15, 0.2) is 30.5 Å². The van der Waals surface area contributed by atoms with Gasteiger partial charge in [-0.2, -0.15) is 0 Å². The second-order valence-electron chi connectivity index (χ2n) is 7.32. The molecule has 128 valence electrons. The fraction of sp³-hybridized carbons (Fsp3) is 0.350. The largest absolute Gasteiger partial charge is 0.353 e. The van der Waals surface area contributed by atoms with Crippen molar-refractivity contribution >= 4 is 33.1 Å². The molecule has 1 amide bonds. The van der Waals surface area contributed by atoms with Gasteiger partial charge in [0.05, 0.1) is 5.56 Å². The van der Waals surface area contributed by atoms with Crippen LogP contribution in [0.1, 0.15) is 45.9 Å². The van der Waals surface area contributed by atoms with E-state index in [1.54, 1.807) is 11.3 Å². The molecule has 2 aromatic heterocycles. The molecule has 3 aromatic rings. The number of nitrogens with one attached hydrogen (secondary N) is 2. The molecule has 2 atom stereocenters. The first-order valence-corrected chi connectivity index (χ1v) is 9.69. The van der Waals surface area contributed by atoms with Gasteiger partial charge in [-0.1, -0.05) is 25.1 Å². The Kier molecular flexibility index (Phi) is 3.22. The van der Waals surface area contributed by atoms with Gasteiger partial charge >= 0.3 is 0 Å². The fourth-order valence-electron chi connectivity index (χ4n) is 4.22. The molecule has 0 saturated heterocycles. The summed E-state index contributed by atoms with van der Waals surface area (Å²) in [5.41, 5.74) is 4.47. The van der Waals surface area contributed by atoms with Crippen LogP contribution in [0, 0.1) is 5.92 Å². The maximum Gasteiger partial charge on any atom is 0.256 e. The quantitative estimate of drug-likeness (QED) is 0.689. The SMILES string of the molecule is C[C@H]1CCc2c(sc3c2C(=O)N[C@H](c2cn(C)c4ccccc24)N3)C1. The molecule has 0 saturated carbocycles. The Balaban J connectivity index is 1.58. The molecule has 25 heavy (non-hydrogen) atoms. The first-order valence-electron chi connectivity index (χ1n) is 8.87. The van der Waals surface area contributed by atoms with Gasteiger partial charge in [0.25, 0.3) is 5.91 Å². The van der Waals surface area contributed by atoms with E-state index in [0.717, 1.165) is 29.0 Å². The first kappa shape index (κ1) is 15.0. The van der Waals surface area contributed by atoms with Crippen LogP contribution in [0.3, 0.4) is 0 Å². The van der Waals surface area contributed by atoms with Crippen LogP contribution in [0.25, 0.3) is 10.9 Å². The molecule has 1 aliphatic carbocycles. The van der Waals surface area contributed by atoms with Crippen molar-refractivity contribution in [3.63, 3.8) is 0 Å². The lowest BCUT2D eigenvalue weighted by Gasteiger charge is -2.26. The molecule has 3 heterocycles. The van der Waals surface area contributed by atoms with E-state index in [4.69, 9.17) is 0 Å². The zero-order valence-corrected chi connectivity index (χ0v) is 15.2. The molecule has 2 aliphatic rings. The van der Waals surface area contributed by atoms with E-state index in [1.807, 2.05) is 19.2 Å². The van der Waals surface area contributed by atoms with E-state index in [1.165, 1.54) is 27.8 Å². The maximum absolute atomic E-state index is 12.9. The third-order valence-electron chi connectivity index (χ3n) is 5.53. The van der Waals surface area contributed by atoms with Crippen molar-refractivity contribution in [3.8, 4) is 0 Å². The minimum Gasteiger partial charge on any atom is -0.353 e. The number of rotatable bonds is 1. The van der Waals surface area contributed by atoms with Crippen molar-refractivity contribution < 1.29 is 4.79 Å². The van der Waals surface area contributed by atoms with Crippen LogP contribution in [0.5, 0.6) is 0 Å². The average Bonchev–Trinajstić information content (AvgIpc) is 3.12. The molecule has 5 rings (SSSR count). The first-order chi connectivity index (χ1) is 12.1. The summed E-state index contributed by atoms with van der Waals surface area (Å²) in [6, 6.07) is 8.33. The number of thiophene rings is 1. The minimum atomic E-state index is -0.177. The van der Waals surface area contributed by atoms with Crippen molar-refractivity contribution in [3.05, 3.63) is 52.0 Å². The van der Waals surface area contributed by atoms with Gasteiger partial charge < -0.3 is 15.2 Å². The molecular weight excluding hydrogens is 330 g/mol. The van der Waals surface area contributed by atoms with Gasteiger partial charge in [-0.3, -0.25) is 4.79 Å². The van der Waals surface area contributed by atoms with Crippen LogP contribution in [-0.4, -0.2) is 10.5 Å². The number of anilines is 1. The lowest BCUT2D eigenvalue weighted by molar-refractivity contribution is 0.0935. The standard InChI is InChI=1S/C20H21N3OS/c1-11-7-8-13-16(9-11)25-20-17(13)19(24)21-18(22-20)14-10-23(2)15-6-4-3-5-12(14)15/h3-6,10-11,18,22H,7-9H2,1-2H3,(H,21,24)/t11-,18-/m0/s1. The summed E-state index contributed by atoms with van der Waals surface area (Å²) in [7, 11) is 2.05. The number of aromatic nitrogens is 1. The number of carbonyl (C=O) groups is 1. The van der Waals surface area contributed by atoms with Crippen molar-refractivity contribution in [2.24, 2.45) is 13.0 Å². The number of para-hydroxylation sites is 1. The number of nitrogens with zero attached hydrogens (tertiary/aromatic N) is 1. The highest BCUT2D eigenvalue weighted by molar-refractivity contribution is 7.16. The summed E-state index contributed by atoms with van der Waals surface area (Å²) in [6.45, 7) is 2.30. The highest BCUT2D eigenvalue weighted by Gasteiger charge is 2.33. The Hall–Kier alpha value is -2.27. The molecule has 5 heteroatoms. The van der Waals surface area contributed by atoms with Crippen molar-refractivity contribution in [2.45, 2.75) is 32.4 Å². The predicted molar refractivity (Wildman–Crippen MR) is 102 cm³/mol. The van der Waals surface area contributed by atoms with Crippen molar-refractivity contribution in [2.75, 3.05) is 5.32 Å². The van der Waals surface area contributed by atoms with Gasteiger partial charge in [-0.25, -0.2) is 0 Å². The molecule has 0 spiro atoms.